The number of nitrogens with one attached hydrogen (secondary N) is 1. The van der Waals surface area contributed by atoms with Gasteiger partial charge in [0, 0.05) is 30.5 Å². The van der Waals surface area contributed by atoms with Crippen LogP contribution < -0.4 is 15.0 Å². The molecule has 3 rings (SSSR count). The second kappa shape index (κ2) is 6.33. The highest BCUT2D eigenvalue weighted by molar-refractivity contribution is 6.32. The largest absolute Gasteiger partial charge is 0.476 e. The summed E-state index contributed by atoms with van der Waals surface area (Å²) in [6, 6.07) is 3.93. The molecule has 0 atom stereocenters. The maximum absolute atomic E-state index is 13.3. The van der Waals surface area contributed by atoms with Crippen molar-refractivity contribution in [3.8, 4) is 5.75 Å². The van der Waals surface area contributed by atoms with Crippen LogP contribution in [0.25, 0.3) is 0 Å². The van der Waals surface area contributed by atoms with Gasteiger partial charge >= 0.3 is 0 Å². The summed E-state index contributed by atoms with van der Waals surface area (Å²) in [5.74, 6) is 0.540. The molecule has 0 unspecified atom stereocenters. The van der Waals surface area contributed by atoms with Crippen LogP contribution in [0.2, 0.25) is 5.02 Å². The highest BCUT2D eigenvalue weighted by Gasteiger charge is 2.16. The Hall–Kier alpha value is -1.78. The zero-order valence-corrected chi connectivity index (χ0v) is 12.2. The molecule has 0 saturated heterocycles. The lowest BCUT2D eigenvalue weighted by Crippen LogP contribution is -2.26. The van der Waals surface area contributed by atoms with Gasteiger partial charge in [0.25, 0.3) is 0 Å². The Kier molecular flexibility index (Phi) is 4.27. The highest BCUT2D eigenvalue weighted by atomic mass is 35.5. The van der Waals surface area contributed by atoms with Crippen LogP contribution in [0.3, 0.4) is 0 Å². The van der Waals surface area contributed by atoms with Gasteiger partial charge in [-0.3, -0.25) is 5.32 Å². The van der Waals surface area contributed by atoms with E-state index < -0.39 is 0 Å². The van der Waals surface area contributed by atoms with Crippen molar-refractivity contribution in [2.45, 2.75) is 13.0 Å². The van der Waals surface area contributed by atoms with Gasteiger partial charge < -0.3 is 9.64 Å². The Bertz CT molecular complexity index is 625. The zero-order chi connectivity index (χ0) is 14.7. The van der Waals surface area contributed by atoms with E-state index in [-0.39, 0.29) is 5.83 Å². The van der Waals surface area contributed by atoms with E-state index in [1.165, 1.54) is 6.08 Å². The maximum atomic E-state index is 13.3. The molecular formula is C16H16ClFN2O. The van der Waals surface area contributed by atoms with Crippen LogP contribution >= 0.6 is 11.6 Å². The van der Waals surface area contributed by atoms with E-state index in [0.717, 1.165) is 23.5 Å². The van der Waals surface area contributed by atoms with Crippen LogP contribution in [0.4, 0.5) is 10.1 Å². The van der Waals surface area contributed by atoms with E-state index in [1.807, 2.05) is 29.3 Å². The predicted octanol–water partition coefficient (Wildman–Crippen LogP) is 3.91. The fourth-order valence-electron chi connectivity index (χ4n) is 2.37. The molecule has 0 aromatic heterocycles. The first-order valence-corrected chi connectivity index (χ1v) is 7.23. The molecule has 0 aliphatic carbocycles. The second-order valence-electron chi connectivity index (χ2n) is 4.90. The van der Waals surface area contributed by atoms with Gasteiger partial charge in [0.15, 0.2) is 0 Å². The number of halogens is 2. The molecule has 2 aliphatic heterocycles. The van der Waals surface area contributed by atoms with Crippen LogP contribution in [-0.2, 0) is 6.54 Å². The van der Waals surface area contributed by atoms with Crippen molar-refractivity contribution < 1.29 is 9.13 Å². The first kappa shape index (κ1) is 14.2. The van der Waals surface area contributed by atoms with Crippen molar-refractivity contribution in [2.75, 3.05) is 18.2 Å². The number of rotatable bonds is 1. The monoisotopic (exact) mass is 306 g/mol. The van der Waals surface area contributed by atoms with Crippen molar-refractivity contribution >= 4 is 17.3 Å². The summed E-state index contributed by atoms with van der Waals surface area (Å²) in [7, 11) is 0. The minimum Gasteiger partial charge on any atom is -0.476 e. The first-order chi connectivity index (χ1) is 10.2. The Morgan fingerprint density at radius 1 is 1.29 bits per heavy atom. The fraction of sp³-hybridized carbons (Fsp3) is 0.250. The minimum absolute atomic E-state index is 0.206. The lowest BCUT2D eigenvalue weighted by atomic mass is 10.1. The van der Waals surface area contributed by atoms with E-state index in [2.05, 4.69) is 5.32 Å². The molecule has 1 aromatic rings. The first-order valence-electron chi connectivity index (χ1n) is 6.85. The molecule has 2 heterocycles. The van der Waals surface area contributed by atoms with E-state index in [9.17, 15) is 4.39 Å². The van der Waals surface area contributed by atoms with Crippen molar-refractivity contribution in [3.05, 3.63) is 59.0 Å². The second-order valence-corrected chi connectivity index (χ2v) is 5.30. The van der Waals surface area contributed by atoms with Crippen LogP contribution in [0.1, 0.15) is 12.0 Å². The third-order valence-corrected chi connectivity index (χ3v) is 3.67. The normalized spacial score (nSPS) is 23.7. The number of hydrogen-bond acceptors (Lipinski definition) is 3. The van der Waals surface area contributed by atoms with Crippen LogP contribution in [0, 0.1) is 0 Å². The smallest absolute Gasteiger partial charge is 0.144 e. The van der Waals surface area contributed by atoms with Crippen molar-refractivity contribution in [2.24, 2.45) is 0 Å². The Morgan fingerprint density at radius 2 is 2.19 bits per heavy atom. The van der Waals surface area contributed by atoms with E-state index in [1.54, 1.807) is 12.2 Å². The van der Waals surface area contributed by atoms with Crippen molar-refractivity contribution in [1.29, 1.82) is 0 Å². The van der Waals surface area contributed by atoms with E-state index >= 15 is 0 Å². The number of ether oxygens (including phenoxy) is 1. The number of fused-ring (bicyclic) bond motifs is 1. The standard InChI is InChI=1S/C16H16ClFN2O/c17-15-9-14(8-12-10-19-11-21-16(12)15)20-6-2-1-4-13(18)5-3-7-20/h2-6,8-9,19H,1,7,10-11H2/b5-3-,6-2-,13-4+. The average molecular weight is 307 g/mol. The van der Waals surface area contributed by atoms with Gasteiger partial charge in [-0.2, -0.15) is 0 Å². The summed E-state index contributed by atoms with van der Waals surface area (Å²) in [4.78, 5) is 2.03. The summed E-state index contributed by atoms with van der Waals surface area (Å²) in [6.07, 6.45) is 9.28. The summed E-state index contributed by atoms with van der Waals surface area (Å²) >= 11 is 6.30. The van der Waals surface area contributed by atoms with Crippen LogP contribution in [-0.4, -0.2) is 13.3 Å². The third kappa shape index (κ3) is 3.28. The van der Waals surface area contributed by atoms with Gasteiger partial charge in [-0.15, -0.1) is 0 Å². The minimum atomic E-state index is -0.206. The molecule has 21 heavy (non-hydrogen) atoms. The van der Waals surface area contributed by atoms with Crippen molar-refractivity contribution in [3.63, 3.8) is 0 Å². The molecule has 0 spiro atoms. The molecule has 2 aliphatic rings. The summed E-state index contributed by atoms with van der Waals surface area (Å²) in [5, 5.41) is 3.75. The van der Waals surface area contributed by atoms with Gasteiger partial charge in [-0.1, -0.05) is 23.8 Å². The highest BCUT2D eigenvalue weighted by Crippen LogP contribution is 2.35. The molecule has 1 N–H and O–H groups in total. The van der Waals surface area contributed by atoms with Gasteiger partial charge in [0.05, 0.1) is 5.02 Å². The Balaban J connectivity index is 1.91. The number of nitrogens with zero attached hydrogens (tertiary/aromatic N) is 1. The molecule has 1 aromatic carbocycles. The van der Waals surface area contributed by atoms with E-state index in [4.69, 9.17) is 16.3 Å². The molecule has 5 heteroatoms. The third-order valence-electron chi connectivity index (χ3n) is 3.38. The molecule has 110 valence electrons. The lowest BCUT2D eigenvalue weighted by Gasteiger charge is -2.24. The molecule has 0 amide bonds. The van der Waals surface area contributed by atoms with Gasteiger partial charge in [0.1, 0.15) is 18.3 Å². The fourth-order valence-corrected chi connectivity index (χ4v) is 2.66. The molecule has 0 saturated carbocycles. The number of hydrogen-bond donors (Lipinski definition) is 1. The SMILES string of the molecule is FC1=C/C/C=C\N(c2cc(Cl)c3c(c2)CNCO3)C/C=C\1. The Labute approximate surface area is 128 Å². The summed E-state index contributed by atoms with van der Waals surface area (Å²) in [5.41, 5.74) is 2.00. The predicted molar refractivity (Wildman–Crippen MR) is 83.2 cm³/mol. The van der Waals surface area contributed by atoms with Crippen LogP contribution in [0.5, 0.6) is 5.75 Å². The molecule has 0 radical (unpaired) electrons. The van der Waals surface area contributed by atoms with Crippen LogP contribution in [0.15, 0.2) is 48.5 Å². The van der Waals surface area contributed by atoms with Gasteiger partial charge in [0.2, 0.25) is 0 Å². The molecular weight excluding hydrogens is 291 g/mol. The Morgan fingerprint density at radius 3 is 3.10 bits per heavy atom. The zero-order valence-electron chi connectivity index (χ0n) is 11.5. The van der Waals surface area contributed by atoms with Gasteiger partial charge in [-0.05, 0) is 30.7 Å². The number of benzene rings is 1. The quantitative estimate of drug-likeness (QED) is 0.851. The average Bonchev–Trinajstić information content (AvgIpc) is 2.59. The summed E-state index contributed by atoms with van der Waals surface area (Å²) in [6.45, 7) is 1.79. The van der Waals surface area contributed by atoms with E-state index in [0.29, 0.717) is 24.7 Å². The van der Waals surface area contributed by atoms with Crippen molar-refractivity contribution in [1.82, 2.24) is 5.32 Å². The molecule has 3 nitrogen and oxygen atoms in total. The number of allylic oxidation sites excluding steroid dienone is 4. The summed E-state index contributed by atoms with van der Waals surface area (Å²) < 4.78 is 18.8. The lowest BCUT2D eigenvalue weighted by molar-refractivity contribution is 0.257. The number of anilines is 1. The molecule has 0 fully saturated rings. The maximum Gasteiger partial charge on any atom is 0.144 e. The molecule has 0 bridgehead atoms. The van der Waals surface area contributed by atoms with Gasteiger partial charge in [-0.25, -0.2) is 4.39 Å². The topological polar surface area (TPSA) is 24.5 Å².